The van der Waals surface area contributed by atoms with Gasteiger partial charge >= 0.3 is 0 Å². The molecule has 1 atom stereocenters. The Morgan fingerprint density at radius 1 is 1.56 bits per heavy atom. The average molecular weight is 283 g/mol. The van der Waals surface area contributed by atoms with E-state index in [2.05, 4.69) is 20.5 Å². The van der Waals surface area contributed by atoms with Crippen molar-refractivity contribution in [3.05, 3.63) is 21.1 Å². The van der Waals surface area contributed by atoms with Crippen molar-refractivity contribution in [1.82, 2.24) is 15.2 Å². The van der Waals surface area contributed by atoms with Crippen LogP contribution >= 0.6 is 22.7 Å². The molecule has 0 aliphatic rings. The van der Waals surface area contributed by atoms with E-state index in [9.17, 15) is 4.79 Å². The Kier molecular flexibility index (Phi) is 4.00. The Morgan fingerprint density at radius 2 is 2.33 bits per heavy atom. The SMILES string of the molecule is Cc1nnc(NC(=O)Cc2csc(C(C)N)n2)s1. The third-order valence-electron chi connectivity index (χ3n) is 2.07. The van der Waals surface area contributed by atoms with Crippen molar-refractivity contribution >= 4 is 33.7 Å². The maximum absolute atomic E-state index is 11.7. The summed E-state index contributed by atoms with van der Waals surface area (Å²) in [6.45, 7) is 3.70. The molecule has 3 N–H and O–H groups in total. The zero-order valence-corrected chi connectivity index (χ0v) is 11.6. The molecule has 1 amide bonds. The summed E-state index contributed by atoms with van der Waals surface area (Å²) in [6, 6.07) is -0.0994. The summed E-state index contributed by atoms with van der Waals surface area (Å²) < 4.78 is 0. The van der Waals surface area contributed by atoms with E-state index in [1.54, 1.807) is 0 Å². The third kappa shape index (κ3) is 3.31. The average Bonchev–Trinajstić information content (AvgIpc) is 2.88. The van der Waals surface area contributed by atoms with Gasteiger partial charge in [0.2, 0.25) is 11.0 Å². The normalized spacial score (nSPS) is 12.4. The van der Waals surface area contributed by atoms with Gasteiger partial charge in [0.1, 0.15) is 10.0 Å². The standard InChI is InChI=1S/C10H13N5OS2/c1-5(11)9-12-7(4-17-9)3-8(16)13-10-15-14-6(2)18-10/h4-5H,3,11H2,1-2H3,(H,13,15,16). The number of nitrogens with two attached hydrogens (primary N) is 1. The number of hydrogen-bond acceptors (Lipinski definition) is 7. The highest BCUT2D eigenvalue weighted by Crippen LogP contribution is 2.17. The number of hydrogen-bond donors (Lipinski definition) is 2. The second kappa shape index (κ2) is 5.51. The molecule has 96 valence electrons. The van der Waals surface area contributed by atoms with E-state index in [1.807, 2.05) is 19.2 Å². The van der Waals surface area contributed by atoms with Crippen LogP contribution in [-0.2, 0) is 11.2 Å². The largest absolute Gasteiger partial charge is 0.322 e. The third-order valence-corrected chi connectivity index (χ3v) is 3.92. The van der Waals surface area contributed by atoms with Crippen LogP contribution in [0.3, 0.4) is 0 Å². The van der Waals surface area contributed by atoms with Crippen molar-refractivity contribution in [1.29, 1.82) is 0 Å². The number of aromatic nitrogens is 3. The molecule has 2 aromatic rings. The van der Waals surface area contributed by atoms with Crippen molar-refractivity contribution in [3.8, 4) is 0 Å². The Balaban J connectivity index is 1.94. The monoisotopic (exact) mass is 283 g/mol. The molecule has 0 saturated heterocycles. The Morgan fingerprint density at radius 3 is 2.89 bits per heavy atom. The number of nitrogens with zero attached hydrogens (tertiary/aromatic N) is 3. The van der Waals surface area contributed by atoms with Gasteiger partial charge in [-0.15, -0.1) is 21.5 Å². The van der Waals surface area contributed by atoms with Crippen molar-refractivity contribution in [3.63, 3.8) is 0 Å². The molecule has 0 aliphatic heterocycles. The fourth-order valence-corrected chi connectivity index (χ4v) is 2.67. The number of rotatable bonds is 4. The van der Waals surface area contributed by atoms with Gasteiger partial charge in [-0.1, -0.05) is 11.3 Å². The molecule has 2 aromatic heterocycles. The predicted molar refractivity (Wildman–Crippen MR) is 71.7 cm³/mol. The van der Waals surface area contributed by atoms with Gasteiger partial charge in [-0.25, -0.2) is 4.98 Å². The molecule has 8 heteroatoms. The minimum atomic E-state index is -0.146. The summed E-state index contributed by atoms with van der Waals surface area (Å²) in [7, 11) is 0. The first-order valence-electron chi connectivity index (χ1n) is 5.34. The van der Waals surface area contributed by atoms with Gasteiger partial charge in [-0.2, -0.15) is 0 Å². The molecule has 0 aromatic carbocycles. The number of carbonyl (C=O) groups excluding carboxylic acids is 1. The summed E-state index contributed by atoms with van der Waals surface area (Å²) in [6.07, 6.45) is 0.224. The number of aryl methyl sites for hydroxylation is 1. The molecule has 0 saturated carbocycles. The number of anilines is 1. The Labute approximate surface area is 112 Å². The van der Waals surface area contributed by atoms with E-state index >= 15 is 0 Å². The first-order valence-corrected chi connectivity index (χ1v) is 7.04. The van der Waals surface area contributed by atoms with Crippen molar-refractivity contribution in [2.75, 3.05) is 5.32 Å². The van der Waals surface area contributed by atoms with Gasteiger partial charge in [0.15, 0.2) is 0 Å². The van der Waals surface area contributed by atoms with Crippen molar-refractivity contribution in [2.45, 2.75) is 26.3 Å². The lowest BCUT2D eigenvalue weighted by atomic mass is 10.3. The molecule has 0 bridgehead atoms. The quantitative estimate of drug-likeness (QED) is 0.887. The number of carbonyl (C=O) groups is 1. The second-order valence-corrected chi connectivity index (χ2v) is 5.89. The molecule has 6 nitrogen and oxygen atoms in total. The first-order chi connectivity index (χ1) is 8.54. The molecule has 1 unspecified atom stereocenters. The zero-order chi connectivity index (χ0) is 13.1. The Hall–Kier alpha value is -1.38. The second-order valence-electron chi connectivity index (χ2n) is 3.82. The van der Waals surface area contributed by atoms with Gasteiger partial charge in [-0.05, 0) is 13.8 Å². The molecule has 2 rings (SSSR count). The fourth-order valence-electron chi connectivity index (χ4n) is 1.29. The van der Waals surface area contributed by atoms with Crippen molar-refractivity contribution < 1.29 is 4.79 Å². The Bertz CT molecular complexity index is 548. The van der Waals surface area contributed by atoms with Crippen molar-refractivity contribution in [2.24, 2.45) is 5.73 Å². The first kappa shape index (κ1) is 13.1. The number of nitrogens with one attached hydrogen (secondary N) is 1. The highest BCUT2D eigenvalue weighted by molar-refractivity contribution is 7.15. The smallest absolute Gasteiger partial charge is 0.232 e. The molecule has 0 radical (unpaired) electrons. The van der Waals surface area contributed by atoms with Crippen LogP contribution in [0.1, 0.15) is 28.7 Å². The maximum Gasteiger partial charge on any atom is 0.232 e. The van der Waals surface area contributed by atoms with E-state index in [4.69, 9.17) is 5.73 Å². The summed E-state index contributed by atoms with van der Waals surface area (Å²) >= 11 is 2.81. The van der Waals surface area contributed by atoms with Gasteiger partial charge in [0.05, 0.1) is 18.2 Å². The highest BCUT2D eigenvalue weighted by Gasteiger charge is 2.11. The lowest BCUT2D eigenvalue weighted by molar-refractivity contribution is -0.115. The van der Waals surface area contributed by atoms with Gasteiger partial charge in [-0.3, -0.25) is 4.79 Å². The highest BCUT2D eigenvalue weighted by atomic mass is 32.1. The van der Waals surface area contributed by atoms with E-state index in [0.717, 1.165) is 15.7 Å². The minimum Gasteiger partial charge on any atom is -0.322 e. The molecular weight excluding hydrogens is 270 g/mol. The van der Waals surface area contributed by atoms with Crippen LogP contribution in [0.25, 0.3) is 0 Å². The molecule has 0 fully saturated rings. The van der Waals surface area contributed by atoms with Gasteiger partial charge in [0, 0.05) is 5.38 Å². The summed E-state index contributed by atoms with van der Waals surface area (Å²) in [5, 5.41) is 14.4. The molecular formula is C10H13N5OS2. The number of thiazole rings is 1. The van der Waals surface area contributed by atoms with E-state index in [0.29, 0.717) is 5.13 Å². The van der Waals surface area contributed by atoms with Crippen LogP contribution in [0.4, 0.5) is 5.13 Å². The van der Waals surface area contributed by atoms with Gasteiger partial charge < -0.3 is 11.1 Å². The van der Waals surface area contributed by atoms with Crippen LogP contribution in [0.2, 0.25) is 0 Å². The summed E-state index contributed by atoms with van der Waals surface area (Å²) in [5.41, 5.74) is 6.44. The molecule has 0 aliphatic carbocycles. The predicted octanol–water partition coefficient (Wildman–Crippen LogP) is 1.50. The van der Waals surface area contributed by atoms with Crippen LogP contribution in [0.5, 0.6) is 0 Å². The molecule has 2 heterocycles. The molecule has 0 spiro atoms. The zero-order valence-electron chi connectivity index (χ0n) is 10.0. The number of amides is 1. The summed E-state index contributed by atoms with van der Waals surface area (Å²) in [5.74, 6) is -0.146. The summed E-state index contributed by atoms with van der Waals surface area (Å²) in [4.78, 5) is 16.0. The van der Waals surface area contributed by atoms with Crippen LogP contribution < -0.4 is 11.1 Å². The minimum absolute atomic E-state index is 0.0994. The van der Waals surface area contributed by atoms with Crippen LogP contribution in [0, 0.1) is 6.92 Å². The maximum atomic E-state index is 11.7. The topological polar surface area (TPSA) is 93.8 Å². The lowest BCUT2D eigenvalue weighted by Gasteiger charge is -1.99. The molecule has 18 heavy (non-hydrogen) atoms. The lowest BCUT2D eigenvalue weighted by Crippen LogP contribution is -2.14. The van der Waals surface area contributed by atoms with E-state index < -0.39 is 0 Å². The van der Waals surface area contributed by atoms with E-state index in [-0.39, 0.29) is 18.4 Å². The van der Waals surface area contributed by atoms with Crippen LogP contribution in [-0.4, -0.2) is 21.1 Å². The van der Waals surface area contributed by atoms with E-state index in [1.165, 1.54) is 22.7 Å². The van der Waals surface area contributed by atoms with Gasteiger partial charge in [0.25, 0.3) is 0 Å². The van der Waals surface area contributed by atoms with Crippen LogP contribution in [0.15, 0.2) is 5.38 Å². The fraction of sp³-hybridized carbons (Fsp3) is 0.400.